The maximum Gasteiger partial charge on any atom is 0.251 e. The van der Waals surface area contributed by atoms with Gasteiger partial charge in [-0.2, -0.15) is 0 Å². The van der Waals surface area contributed by atoms with E-state index in [2.05, 4.69) is 5.32 Å². The summed E-state index contributed by atoms with van der Waals surface area (Å²) in [6, 6.07) is 10.0. The first-order chi connectivity index (χ1) is 9.49. The summed E-state index contributed by atoms with van der Waals surface area (Å²) in [4.78, 5) is 12.0. The van der Waals surface area contributed by atoms with Gasteiger partial charge in [-0.05, 0) is 48.7 Å². The van der Waals surface area contributed by atoms with Gasteiger partial charge in [-0.15, -0.1) is 0 Å². The van der Waals surface area contributed by atoms with E-state index in [-0.39, 0.29) is 11.7 Å². The molecule has 3 N–H and O–H groups in total. The Morgan fingerprint density at radius 1 is 1.25 bits per heavy atom. The number of amides is 1. The van der Waals surface area contributed by atoms with Crippen molar-refractivity contribution in [1.82, 2.24) is 5.32 Å². The minimum atomic E-state index is -0.377. The number of aryl methyl sites for hydroxylation is 1. The second-order valence-electron chi connectivity index (χ2n) is 4.78. The molecule has 3 nitrogen and oxygen atoms in total. The molecule has 0 aromatic heterocycles. The Labute approximate surface area is 117 Å². The van der Waals surface area contributed by atoms with Gasteiger partial charge < -0.3 is 11.1 Å². The number of nitrogens with two attached hydrogens (primary N) is 1. The molecule has 2 aromatic rings. The summed E-state index contributed by atoms with van der Waals surface area (Å²) in [5.41, 5.74) is 9.24. The first-order valence-corrected chi connectivity index (χ1v) is 6.37. The summed E-state index contributed by atoms with van der Waals surface area (Å²) in [5.74, 6) is -0.677. The van der Waals surface area contributed by atoms with E-state index in [4.69, 9.17) is 5.73 Å². The number of carbonyl (C=O) groups is 1. The summed E-state index contributed by atoms with van der Waals surface area (Å²) in [7, 11) is 0. The lowest BCUT2D eigenvalue weighted by molar-refractivity contribution is 0.0950. The van der Waals surface area contributed by atoms with Crippen molar-refractivity contribution in [1.29, 1.82) is 0 Å². The second kappa shape index (κ2) is 5.74. The highest BCUT2D eigenvalue weighted by atomic mass is 19.1. The Morgan fingerprint density at radius 3 is 2.70 bits per heavy atom. The summed E-state index contributed by atoms with van der Waals surface area (Å²) in [5, 5.41) is 2.77. The molecule has 0 atom stereocenters. The minimum Gasteiger partial charge on any atom is -0.399 e. The highest BCUT2D eigenvalue weighted by Gasteiger charge is 2.09. The van der Waals surface area contributed by atoms with E-state index in [1.807, 2.05) is 25.1 Å². The molecular weight excluding hydrogens is 255 g/mol. The molecule has 0 fully saturated rings. The lowest BCUT2D eigenvalue weighted by Crippen LogP contribution is -2.23. The lowest BCUT2D eigenvalue weighted by Gasteiger charge is -2.10. The van der Waals surface area contributed by atoms with Crippen LogP contribution >= 0.6 is 0 Å². The number of carbonyl (C=O) groups excluding carboxylic acids is 1. The van der Waals surface area contributed by atoms with E-state index in [1.54, 1.807) is 19.1 Å². The van der Waals surface area contributed by atoms with Crippen molar-refractivity contribution < 1.29 is 9.18 Å². The third-order valence-electron chi connectivity index (χ3n) is 3.36. The number of benzene rings is 2. The molecule has 2 aromatic carbocycles. The van der Waals surface area contributed by atoms with Gasteiger partial charge in [0.2, 0.25) is 0 Å². The van der Waals surface area contributed by atoms with Crippen molar-refractivity contribution in [3.63, 3.8) is 0 Å². The molecule has 20 heavy (non-hydrogen) atoms. The predicted molar refractivity (Wildman–Crippen MR) is 77.9 cm³/mol. The second-order valence-corrected chi connectivity index (χ2v) is 4.78. The van der Waals surface area contributed by atoms with Crippen LogP contribution in [0.2, 0.25) is 0 Å². The van der Waals surface area contributed by atoms with Crippen molar-refractivity contribution in [2.75, 3.05) is 5.73 Å². The fraction of sp³-hybridized carbons (Fsp3) is 0.188. The van der Waals surface area contributed by atoms with Crippen molar-refractivity contribution >= 4 is 11.6 Å². The van der Waals surface area contributed by atoms with Crippen LogP contribution in [0.15, 0.2) is 36.4 Å². The van der Waals surface area contributed by atoms with Crippen LogP contribution in [0.5, 0.6) is 0 Å². The van der Waals surface area contributed by atoms with Crippen LogP contribution in [-0.4, -0.2) is 5.91 Å². The maximum absolute atomic E-state index is 13.4. The van der Waals surface area contributed by atoms with Gasteiger partial charge in [-0.3, -0.25) is 4.79 Å². The number of hydrogen-bond donors (Lipinski definition) is 2. The average Bonchev–Trinajstić information content (AvgIpc) is 2.43. The SMILES string of the molecule is Cc1ccc(C(=O)NCc2cccc(N)c2C)cc1F. The van der Waals surface area contributed by atoms with E-state index in [0.717, 1.165) is 11.1 Å². The molecule has 0 saturated carbocycles. The van der Waals surface area contributed by atoms with Crippen LogP contribution in [-0.2, 0) is 6.54 Å². The number of nitrogen functional groups attached to an aromatic ring is 1. The van der Waals surface area contributed by atoms with Crippen LogP contribution in [0, 0.1) is 19.7 Å². The molecule has 0 radical (unpaired) electrons. The van der Waals surface area contributed by atoms with Crippen LogP contribution in [0.3, 0.4) is 0 Å². The number of nitrogens with one attached hydrogen (secondary N) is 1. The van der Waals surface area contributed by atoms with Crippen molar-refractivity contribution in [3.8, 4) is 0 Å². The van der Waals surface area contributed by atoms with Crippen LogP contribution in [0.1, 0.15) is 27.0 Å². The van der Waals surface area contributed by atoms with Crippen molar-refractivity contribution in [2.45, 2.75) is 20.4 Å². The topological polar surface area (TPSA) is 55.1 Å². The zero-order valence-electron chi connectivity index (χ0n) is 11.5. The molecule has 0 aliphatic heterocycles. The van der Waals surface area contributed by atoms with Gasteiger partial charge in [0.15, 0.2) is 0 Å². The number of hydrogen-bond acceptors (Lipinski definition) is 2. The number of anilines is 1. The van der Waals surface area contributed by atoms with E-state index in [1.165, 1.54) is 6.07 Å². The Balaban J connectivity index is 2.08. The standard InChI is InChI=1S/C16H17FN2O/c1-10-6-7-12(8-14(10)17)16(20)19-9-13-4-3-5-15(18)11(13)2/h3-8H,9,18H2,1-2H3,(H,19,20). The quantitative estimate of drug-likeness (QED) is 0.844. The highest BCUT2D eigenvalue weighted by Crippen LogP contribution is 2.15. The van der Waals surface area contributed by atoms with Crippen LogP contribution < -0.4 is 11.1 Å². The van der Waals surface area contributed by atoms with Gasteiger partial charge in [0.1, 0.15) is 5.82 Å². The molecule has 2 rings (SSSR count). The van der Waals surface area contributed by atoms with Crippen molar-refractivity contribution in [3.05, 3.63) is 64.5 Å². The summed E-state index contributed by atoms with van der Waals surface area (Å²) < 4.78 is 13.4. The Morgan fingerprint density at radius 2 is 2.00 bits per heavy atom. The molecule has 0 spiro atoms. The molecule has 0 unspecified atom stereocenters. The summed E-state index contributed by atoms with van der Waals surface area (Å²) in [6.45, 7) is 3.93. The first-order valence-electron chi connectivity index (χ1n) is 6.37. The zero-order valence-corrected chi connectivity index (χ0v) is 11.5. The smallest absolute Gasteiger partial charge is 0.251 e. The maximum atomic E-state index is 13.4. The summed E-state index contributed by atoms with van der Waals surface area (Å²) in [6.07, 6.45) is 0. The molecule has 0 aliphatic rings. The number of rotatable bonds is 3. The zero-order chi connectivity index (χ0) is 14.7. The normalized spacial score (nSPS) is 10.3. The Kier molecular flexibility index (Phi) is 4.03. The van der Waals surface area contributed by atoms with Crippen LogP contribution in [0.25, 0.3) is 0 Å². The first kappa shape index (κ1) is 14.1. The molecule has 1 amide bonds. The third kappa shape index (κ3) is 2.96. The molecule has 104 valence electrons. The molecular formula is C16H17FN2O. The lowest BCUT2D eigenvalue weighted by atomic mass is 10.1. The monoisotopic (exact) mass is 272 g/mol. The number of halogens is 1. The fourth-order valence-electron chi connectivity index (χ4n) is 1.91. The minimum absolute atomic E-state index is 0.300. The molecule has 0 heterocycles. The van der Waals surface area contributed by atoms with Gasteiger partial charge in [-0.25, -0.2) is 4.39 Å². The van der Waals surface area contributed by atoms with Crippen molar-refractivity contribution in [2.24, 2.45) is 0 Å². The van der Waals surface area contributed by atoms with E-state index in [9.17, 15) is 9.18 Å². The van der Waals surface area contributed by atoms with Gasteiger partial charge >= 0.3 is 0 Å². The van der Waals surface area contributed by atoms with E-state index >= 15 is 0 Å². The van der Waals surface area contributed by atoms with Gasteiger partial charge in [0.25, 0.3) is 5.91 Å². The fourth-order valence-corrected chi connectivity index (χ4v) is 1.91. The third-order valence-corrected chi connectivity index (χ3v) is 3.36. The largest absolute Gasteiger partial charge is 0.399 e. The van der Waals surface area contributed by atoms with Gasteiger partial charge in [0, 0.05) is 17.8 Å². The molecule has 0 bridgehead atoms. The Bertz CT molecular complexity index is 653. The van der Waals surface area contributed by atoms with Crippen LogP contribution in [0.4, 0.5) is 10.1 Å². The van der Waals surface area contributed by atoms with E-state index in [0.29, 0.717) is 23.4 Å². The van der Waals surface area contributed by atoms with Gasteiger partial charge in [0.05, 0.1) is 0 Å². The molecule has 0 saturated heterocycles. The molecule has 4 heteroatoms. The molecule has 0 aliphatic carbocycles. The predicted octanol–water partition coefficient (Wildman–Crippen LogP) is 2.95. The van der Waals surface area contributed by atoms with Gasteiger partial charge in [-0.1, -0.05) is 18.2 Å². The summed E-state index contributed by atoms with van der Waals surface area (Å²) >= 11 is 0. The van der Waals surface area contributed by atoms with E-state index < -0.39 is 0 Å². The average molecular weight is 272 g/mol. The highest BCUT2D eigenvalue weighted by molar-refractivity contribution is 5.94. The Hall–Kier alpha value is -2.36.